The summed E-state index contributed by atoms with van der Waals surface area (Å²) in [6.45, 7) is 6.63. The molecule has 0 saturated heterocycles. The quantitative estimate of drug-likeness (QED) is 0.777. The van der Waals surface area contributed by atoms with Crippen molar-refractivity contribution in [1.82, 2.24) is 15.0 Å². The number of rotatable bonds is 7. The molecule has 0 spiro atoms. The normalized spacial score (nSPS) is 10.6. The number of amides is 1. The number of aromatic nitrogens is 3. The fourth-order valence-corrected chi connectivity index (χ4v) is 1.59. The highest BCUT2D eigenvalue weighted by molar-refractivity contribution is 6.28. The Hall–Kier alpha value is -1.63. The highest BCUT2D eigenvalue weighted by Crippen LogP contribution is 2.15. The first-order chi connectivity index (χ1) is 8.93. The Morgan fingerprint density at radius 3 is 2.63 bits per heavy atom. The summed E-state index contributed by atoms with van der Waals surface area (Å²) < 4.78 is 0. The van der Waals surface area contributed by atoms with Crippen molar-refractivity contribution in [2.24, 2.45) is 5.73 Å². The summed E-state index contributed by atoms with van der Waals surface area (Å²) in [6, 6.07) is 0.0185. The minimum Gasteiger partial charge on any atom is -0.368 e. The summed E-state index contributed by atoms with van der Waals surface area (Å²) in [5.74, 6) is 0.285. The molecule has 0 radical (unpaired) electrons. The number of hydrogen-bond donors (Lipinski definition) is 2. The van der Waals surface area contributed by atoms with E-state index in [4.69, 9.17) is 17.3 Å². The van der Waals surface area contributed by atoms with E-state index < -0.39 is 5.91 Å². The summed E-state index contributed by atoms with van der Waals surface area (Å²) in [4.78, 5) is 25.0. The Kier molecular flexibility index (Phi) is 5.75. The van der Waals surface area contributed by atoms with Crippen LogP contribution in [-0.4, -0.2) is 40.0 Å². The largest absolute Gasteiger partial charge is 0.368 e. The van der Waals surface area contributed by atoms with Crippen molar-refractivity contribution in [2.45, 2.75) is 33.2 Å². The Balaban J connectivity index is 3.01. The van der Waals surface area contributed by atoms with Crippen LogP contribution in [-0.2, 0) is 4.79 Å². The number of hydrogen-bond acceptors (Lipinski definition) is 6. The number of primary amides is 1. The minimum atomic E-state index is -0.451. The molecular formula is C11H19ClN6O. The lowest BCUT2D eigenvalue weighted by Gasteiger charge is -2.25. The number of anilines is 2. The smallest absolute Gasteiger partial charge is 0.237 e. The number of nitrogens with one attached hydrogen (secondary N) is 1. The summed E-state index contributed by atoms with van der Waals surface area (Å²) in [7, 11) is 0. The molecule has 0 fully saturated rings. The van der Waals surface area contributed by atoms with Gasteiger partial charge in [-0.3, -0.25) is 4.79 Å². The second-order valence-electron chi connectivity index (χ2n) is 4.34. The molecule has 0 atom stereocenters. The summed E-state index contributed by atoms with van der Waals surface area (Å²) in [6.07, 6.45) is 0.938. The van der Waals surface area contributed by atoms with Crippen LogP contribution in [0.15, 0.2) is 0 Å². The van der Waals surface area contributed by atoms with Crippen molar-refractivity contribution >= 4 is 29.4 Å². The molecule has 0 unspecified atom stereocenters. The van der Waals surface area contributed by atoms with Gasteiger partial charge in [-0.25, -0.2) is 0 Å². The van der Waals surface area contributed by atoms with Crippen LogP contribution >= 0.6 is 11.6 Å². The average Bonchev–Trinajstić information content (AvgIpc) is 2.32. The van der Waals surface area contributed by atoms with Crippen molar-refractivity contribution in [3.63, 3.8) is 0 Å². The van der Waals surface area contributed by atoms with E-state index in [0.29, 0.717) is 11.9 Å². The molecule has 19 heavy (non-hydrogen) atoms. The molecule has 0 saturated carbocycles. The second-order valence-corrected chi connectivity index (χ2v) is 4.68. The first-order valence-electron chi connectivity index (χ1n) is 6.14. The van der Waals surface area contributed by atoms with Crippen LogP contribution in [0.1, 0.15) is 27.2 Å². The zero-order chi connectivity index (χ0) is 14.4. The van der Waals surface area contributed by atoms with E-state index in [9.17, 15) is 4.79 Å². The zero-order valence-electron chi connectivity index (χ0n) is 11.4. The molecule has 0 aliphatic carbocycles. The fraction of sp³-hybridized carbons (Fsp3) is 0.636. The molecule has 8 heteroatoms. The molecule has 1 rings (SSSR count). The molecule has 3 N–H and O–H groups in total. The monoisotopic (exact) mass is 286 g/mol. The molecule has 1 aromatic heterocycles. The standard InChI is InChI=1S/C11H19ClN6O/c1-4-5-14-10-15-9(12)16-11(17-10)18(7(2)3)6-8(13)19/h7H,4-6H2,1-3H3,(H2,13,19)(H,14,15,16,17). The van der Waals surface area contributed by atoms with Gasteiger partial charge in [0.15, 0.2) is 0 Å². The van der Waals surface area contributed by atoms with E-state index >= 15 is 0 Å². The van der Waals surface area contributed by atoms with Crippen molar-refractivity contribution in [3.05, 3.63) is 5.28 Å². The van der Waals surface area contributed by atoms with E-state index in [0.717, 1.165) is 13.0 Å². The van der Waals surface area contributed by atoms with E-state index in [1.807, 2.05) is 20.8 Å². The van der Waals surface area contributed by atoms with E-state index in [2.05, 4.69) is 20.3 Å². The third-order valence-electron chi connectivity index (χ3n) is 2.34. The molecule has 1 amide bonds. The van der Waals surface area contributed by atoms with Crippen LogP contribution < -0.4 is 16.0 Å². The van der Waals surface area contributed by atoms with Crippen molar-refractivity contribution < 1.29 is 4.79 Å². The zero-order valence-corrected chi connectivity index (χ0v) is 12.1. The highest BCUT2D eigenvalue weighted by atomic mass is 35.5. The third-order valence-corrected chi connectivity index (χ3v) is 2.50. The SMILES string of the molecule is CCCNc1nc(Cl)nc(N(CC(N)=O)C(C)C)n1. The first-order valence-corrected chi connectivity index (χ1v) is 6.52. The van der Waals surface area contributed by atoms with Gasteiger partial charge < -0.3 is 16.0 Å². The molecule has 7 nitrogen and oxygen atoms in total. The van der Waals surface area contributed by atoms with Gasteiger partial charge in [0.25, 0.3) is 0 Å². The van der Waals surface area contributed by atoms with Gasteiger partial charge in [0.1, 0.15) is 0 Å². The maximum absolute atomic E-state index is 11.1. The van der Waals surface area contributed by atoms with Gasteiger partial charge in [-0.1, -0.05) is 6.92 Å². The van der Waals surface area contributed by atoms with Crippen LogP contribution in [0.3, 0.4) is 0 Å². The number of carbonyl (C=O) groups is 1. The second kappa shape index (κ2) is 7.08. The maximum Gasteiger partial charge on any atom is 0.237 e. The predicted octanol–water partition coefficient (Wildman–Crippen LogP) is 1.05. The van der Waals surface area contributed by atoms with Gasteiger partial charge in [-0.05, 0) is 31.9 Å². The predicted molar refractivity (Wildman–Crippen MR) is 75.3 cm³/mol. The van der Waals surface area contributed by atoms with E-state index in [-0.39, 0.29) is 17.9 Å². The fourth-order valence-electron chi connectivity index (χ4n) is 1.44. The van der Waals surface area contributed by atoms with Crippen molar-refractivity contribution in [1.29, 1.82) is 0 Å². The van der Waals surface area contributed by atoms with Crippen molar-refractivity contribution in [3.8, 4) is 0 Å². The van der Waals surface area contributed by atoms with Crippen LogP contribution in [0.4, 0.5) is 11.9 Å². The molecule has 1 aromatic rings. The Labute approximate surface area is 117 Å². The number of nitrogens with zero attached hydrogens (tertiary/aromatic N) is 4. The number of halogens is 1. The molecule has 0 bridgehead atoms. The minimum absolute atomic E-state index is 0.0185. The van der Waals surface area contributed by atoms with Crippen LogP contribution in [0.5, 0.6) is 0 Å². The van der Waals surface area contributed by atoms with Crippen LogP contribution in [0.25, 0.3) is 0 Å². The van der Waals surface area contributed by atoms with E-state index in [1.54, 1.807) is 4.90 Å². The number of nitrogens with two attached hydrogens (primary N) is 1. The third kappa shape index (κ3) is 4.86. The molecule has 0 aliphatic rings. The van der Waals surface area contributed by atoms with E-state index in [1.165, 1.54) is 0 Å². The lowest BCUT2D eigenvalue weighted by molar-refractivity contribution is -0.116. The lowest BCUT2D eigenvalue weighted by Crippen LogP contribution is -2.39. The Morgan fingerprint density at radius 1 is 1.42 bits per heavy atom. The average molecular weight is 287 g/mol. The highest BCUT2D eigenvalue weighted by Gasteiger charge is 2.17. The molecular weight excluding hydrogens is 268 g/mol. The maximum atomic E-state index is 11.1. The molecule has 0 aliphatic heterocycles. The molecule has 0 aromatic carbocycles. The van der Waals surface area contributed by atoms with Gasteiger partial charge in [-0.2, -0.15) is 15.0 Å². The van der Waals surface area contributed by atoms with Gasteiger partial charge in [0.2, 0.25) is 23.1 Å². The van der Waals surface area contributed by atoms with Gasteiger partial charge in [0.05, 0.1) is 6.54 Å². The van der Waals surface area contributed by atoms with Gasteiger partial charge in [0, 0.05) is 12.6 Å². The summed E-state index contributed by atoms with van der Waals surface area (Å²) in [5.41, 5.74) is 5.22. The summed E-state index contributed by atoms with van der Waals surface area (Å²) in [5, 5.41) is 3.12. The number of carbonyl (C=O) groups excluding carboxylic acids is 1. The lowest BCUT2D eigenvalue weighted by atomic mass is 10.3. The topological polar surface area (TPSA) is 97.0 Å². The summed E-state index contributed by atoms with van der Waals surface area (Å²) >= 11 is 5.87. The Morgan fingerprint density at radius 2 is 2.11 bits per heavy atom. The molecule has 106 valence electrons. The first kappa shape index (κ1) is 15.4. The van der Waals surface area contributed by atoms with Crippen LogP contribution in [0, 0.1) is 0 Å². The van der Waals surface area contributed by atoms with Gasteiger partial charge in [-0.15, -0.1) is 0 Å². The van der Waals surface area contributed by atoms with Crippen LogP contribution in [0.2, 0.25) is 5.28 Å². The van der Waals surface area contributed by atoms with Gasteiger partial charge >= 0.3 is 0 Å². The molecule has 1 heterocycles. The van der Waals surface area contributed by atoms with Crippen molar-refractivity contribution in [2.75, 3.05) is 23.3 Å². The Bertz CT molecular complexity index is 439.